The van der Waals surface area contributed by atoms with Crippen molar-refractivity contribution in [1.29, 1.82) is 5.26 Å². The molecule has 3 rings (SSSR count). The molecular formula is C24H31N3O. The number of rotatable bonds is 8. The minimum Gasteiger partial charge on any atom is -0.494 e. The standard InChI is InChI=1S/C24H31N3O/c1-3-4-5-6-7-14-28-19-11-9-18(10-12-19)23-20-15-17(2)8-13-22(20)27-24(26)21(23)16-25/h9-12,17H,3-8,13-15H2,1-2H3,(H2,26,27). The summed E-state index contributed by atoms with van der Waals surface area (Å²) in [5.74, 6) is 1.82. The highest BCUT2D eigenvalue weighted by Crippen LogP contribution is 2.37. The van der Waals surface area contributed by atoms with Gasteiger partial charge in [0.25, 0.3) is 0 Å². The summed E-state index contributed by atoms with van der Waals surface area (Å²) in [6.07, 6.45) is 9.15. The quantitative estimate of drug-likeness (QED) is 0.601. The van der Waals surface area contributed by atoms with Crippen LogP contribution in [0.15, 0.2) is 24.3 Å². The number of hydrogen-bond acceptors (Lipinski definition) is 4. The van der Waals surface area contributed by atoms with Gasteiger partial charge in [-0.05, 0) is 54.9 Å². The second-order valence-corrected chi connectivity index (χ2v) is 7.92. The molecule has 0 radical (unpaired) electrons. The van der Waals surface area contributed by atoms with Gasteiger partial charge in [0.2, 0.25) is 0 Å². The first kappa shape index (κ1) is 20.2. The van der Waals surface area contributed by atoms with Crippen molar-refractivity contribution in [2.24, 2.45) is 5.92 Å². The Bertz CT molecular complexity index is 836. The summed E-state index contributed by atoms with van der Waals surface area (Å²) in [6, 6.07) is 10.4. The maximum absolute atomic E-state index is 9.69. The molecule has 1 aromatic heterocycles. The third-order valence-electron chi connectivity index (χ3n) is 5.61. The first-order valence-corrected chi connectivity index (χ1v) is 10.6. The molecule has 28 heavy (non-hydrogen) atoms. The Balaban J connectivity index is 1.78. The van der Waals surface area contributed by atoms with Gasteiger partial charge in [-0.1, -0.05) is 51.7 Å². The van der Waals surface area contributed by atoms with E-state index in [9.17, 15) is 5.26 Å². The zero-order valence-electron chi connectivity index (χ0n) is 17.1. The van der Waals surface area contributed by atoms with Crippen LogP contribution in [0, 0.1) is 17.2 Å². The summed E-state index contributed by atoms with van der Waals surface area (Å²) in [5.41, 5.74) is 10.8. The van der Waals surface area contributed by atoms with Crippen molar-refractivity contribution < 1.29 is 4.74 Å². The summed E-state index contributed by atoms with van der Waals surface area (Å²) in [7, 11) is 0. The molecule has 1 unspecified atom stereocenters. The van der Waals surface area contributed by atoms with E-state index in [4.69, 9.17) is 10.5 Å². The molecule has 0 bridgehead atoms. The minimum atomic E-state index is 0.346. The normalized spacial score (nSPS) is 15.7. The molecule has 1 aromatic carbocycles. The Labute approximate surface area is 168 Å². The number of nitrogen functional groups attached to an aromatic ring is 1. The first-order chi connectivity index (χ1) is 13.6. The van der Waals surface area contributed by atoms with Crippen LogP contribution < -0.4 is 10.5 Å². The molecule has 1 heterocycles. The summed E-state index contributed by atoms with van der Waals surface area (Å²) in [6.45, 7) is 5.23. The zero-order valence-corrected chi connectivity index (χ0v) is 17.1. The van der Waals surface area contributed by atoms with E-state index in [2.05, 4.69) is 24.9 Å². The van der Waals surface area contributed by atoms with E-state index in [1.54, 1.807) is 0 Å². The Hall–Kier alpha value is -2.54. The van der Waals surface area contributed by atoms with Gasteiger partial charge in [0.15, 0.2) is 0 Å². The van der Waals surface area contributed by atoms with Crippen LogP contribution in [0.4, 0.5) is 5.82 Å². The number of ether oxygens (including phenoxy) is 1. The first-order valence-electron chi connectivity index (χ1n) is 10.6. The predicted molar refractivity (Wildman–Crippen MR) is 114 cm³/mol. The zero-order chi connectivity index (χ0) is 19.9. The lowest BCUT2D eigenvalue weighted by molar-refractivity contribution is 0.304. The lowest BCUT2D eigenvalue weighted by atomic mass is 9.82. The SMILES string of the molecule is CCCCCCCOc1ccc(-c2c(C#N)c(N)nc3c2CC(C)CC3)cc1. The highest BCUT2D eigenvalue weighted by Gasteiger charge is 2.24. The number of nitrogens with zero attached hydrogens (tertiary/aromatic N) is 2. The van der Waals surface area contributed by atoms with Crippen LogP contribution in [-0.4, -0.2) is 11.6 Å². The number of benzene rings is 1. The summed E-state index contributed by atoms with van der Waals surface area (Å²) < 4.78 is 5.89. The molecule has 1 atom stereocenters. The van der Waals surface area contributed by atoms with Crippen LogP contribution in [-0.2, 0) is 12.8 Å². The van der Waals surface area contributed by atoms with Gasteiger partial charge in [0.1, 0.15) is 23.2 Å². The second kappa shape index (κ2) is 9.59. The van der Waals surface area contributed by atoms with Crippen molar-refractivity contribution in [2.45, 2.75) is 65.2 Å². The third kappa shape index (κ3) is 4.65. The number of unbranched alkanes of at least 4 members (excludes halogenated alkanes) is 4. The molecule has 0 amide bonds. The van der Waals surface area contributed by atoms with Crippen molar-refractivity contribution in [3.8, 4) is 22.9 Å². The van der Waals surface area contributed by atoms with Gasteiger partial charge in [0.05, 0.1) is 6.61 Å². The monoisotopic (exact) mass is 377 g/mol. The lowest BCUT2D eigenvalue weighted by Gasteiger charge is -2.25. The van der Waals surface area contributed by atoms with Crippen LogP contribution in [0.2, 0.25) is 0 Å². The number of fused-ring (bicyclic) bond motifs is 1. The molecule has 148 valence electrons. The van der Waals surface area contributed by atoms with Crippen molar-refractivity contribution in [2.75, 3.05) is 12.3 Å². The molecular weight excluding hydrogens is 346 g/mol. The fourth-order valence-electron chi connectivity index (χ4n) is 4.00. The molecule has 0 aliphatic heterocycles. The van der Waals surface area contributed by atoms with Gasteiger partial charge in [-0.3, -0.25) is 0 Å². The average Bonchev–Trinajstić information content (AvgIpc) is 2.70. The van der Waals surface area contributed by atoms with E-state index < -0.39 is 0 Å². The Kier molecular flexibility index (Phi) is 6.92. The molecule has 0 fully saturated rings. The molecule has 2 N–H and O–H groups in total. The van der Waals surface area contributed by atoms with Crippen LogP contribution in [0.1, 0.15) is 69.2 Å². The smallest absolute Gasteiger partial charge is 0.142 e. The number of anilines is 1. The largest absolute Gasteiger partial charge is 0.494 e. The predicted octanol–water partition coefficient (Wildman–Crippen LogP) is 5.68. The van der Waals surface area contributed by atoms with Crippen LogP contribution in [0.3, 0.4) is 0 Å². The van der Waals surface area contributed by atoms with Crippen LogP contribution in [0.5, 0.6) is 5.75 Å². The van der Waals surface area contributed by atoms with E-state index in [-0.39, 0.29) is 0 Å². The van der Waals surface area contributed by atoms with Gasteiger partial charge < -0.3 is 10.5 Å². The molecule has 0 saturated carbocycles. The molecule has 1 aliphatic carbocycles. The fraction of sp³-hybridized carbons (Fsp3) is 0.500. The van der Waals surface area contributed by atoms with Gasteiger partial charge in [-0.2, -0.15) is 5.26 Å². The van der Waals surface area contributed by atoms with Gasteiger partial charge in [-0.25, -0.2) is 4.98 Å². The topological polar surface area (TPSA) is 71.9 Å². The molecule has 2 aromatic rings. The van der Waals surface area contributed by atoms with E-state index >= 15 is 0 Å². The molecule has 0 spiro atoms. The maximum Gasteiger partial charge on any atom is 0.142 e. The van der Waals surface area contributed by atoms with Crippen molar-refractivity contribution >= 4 is 5.82 Å². The number of aryl methyl sites for hydroxylation is 1. The van der Waals surface area contributed by atoms with Gasteiger partial charge in [-0.15, -0.1) is 0 Å². The molecule has 0 saturated heterocycles. The second-order valence-electron chi connectivity index (χ2n) is 7.92. The van der Waals surface area contributed by atoms with Gasteiger partial charge in [0, 0.05) is 11.3 Å². The number of aromatic nitrogens is 1. The number of pyridine rings is 1. The van der Waals surface area contributed by atoms with E-state index in [1.165, 1.54) is 31.2 Å². The van der Waals surface area contributed by atoms with Crippen LogP contribution in [0.25, 0.3) is 11.1 Å². The highest BCUT2D eigenvalue weighted by molar-refractivity contribution is 5.79. The van der Waals surface area contributed by atoms with Crippen LogP contribution >= 0.6 is 0 Å². The highest BCUT2D eigenvalue weighted by atomic mass is 16.5. The van der Waals surface area contributed by atoms with Crippen molar-refractivity contribution in [1.82, 2.24) is 4.98 Å². The van der Waals surface area contributed by atoms with Gasteiger partial charge >= 0.3 is 0 Å². The summed E-state index contributed by atoms with van der Waals surface area (Å²) in [5, 5.41) is 9.69. The molecule has 4 heteroatoms. The van der Waals surface area contributed by atoms with Crippen molar-refractivity contribution in [3.05, 3.63) is 41.1 Å². The maximum atomic E-state index is 9.69. The van der Waals surface area contributed by atoms with E-state index in [1.807, 2.05) is 24.3 Å². The Morgan fingerprint density at radius 1 is 1.18 bits per heavy atom. The lowest BCUT2D eigenvalue weighted by Crippen LogP contribution is -2.16. The number of nitriles is 1. The average molecular weight is 378 g/mol. The fourth-order valence-corrected chi connectivity index (χ4v) is 4.00. The van der Waals surface area contributed by atoms with E-state index in [0.717, 1.165) is 54.9 Å². The molecule has 4 nitrogen and oxygen atoms in total. The Morgan fingerprint density at radius 3 is 2.64 bits per heavy atom. The number of nitrogens with two attached hydrogens (primary N) is 1. The summed E-state index contributed by atoms with van der Waals surface area (Å²) >= 11 is 0. The Morgan fingerprint density at radius 2 is 1.93 bits per heavy atom. The van der Waals surface area contributed by atoms with Crippen molar-refractivity contribution in [3.63, 3.8) is 0 Å². The summed E-state index contributed by atoms with van der Waals surface area (Å²) in [4.78, 5) is 4.52. The minimum absolute atomic E-state index is 0.346. The van der Waals surface area contributed by atoms with E-state index in [0.29, 0.717) is 17.3 Å². The number of hydrogen-bond donors (Lipinski definition) is 1. The third-order valence-corrected chi connectivity index (χ3v) is 5.61. The molecule has 1 aliphatic rings.